The molecule has 0 aliphatic heterocycles. The molecular formula is C48H31N. The Kier molecular flexibility index (Phi) is 6.82. The molecule has 0 aliphatic rings. The van der Waals surface area contributed by atoms with E-state index in [1.165, 1.54) is 82.0 Å². The number of nitrogens with zero attached hydrogens (tertiary/aromatic N) is 1. The lowest BCUT2D eigenvalue weighted by atomic mass is 9.84. The first-order valence-corrected chi connectivity index (χ1v) is 16.8. The average molecular weight is 622 g/mol. The molecule has 9 aromatic rings. The number of nitriles is 1. The van der Waals surface area contributed by atoms with Crippen LogP contribution in [0.15, 0.2) is 170 Å². The summed E-state index contributed by atoms with van der Waals surface area (Å²) in [5, 5.41) is 19.5. The fourth-order valence-electron chi connectivity index (χ4n) is 7.85. The number of rotatable bonds is 4. The topological polar surface area (TPSA) is 23.8 Å². The van der Waals surface area contributed by atoms with Gasteiger partial charge in [0.15, 0.2) is 0 Å². The highest BCUT2D eigenvalue weighted by atomic mass is 14.3. The molecule has 0 heterocycles. The van der Waals surface area contributed by atoms with E-state index in [4.69, 9.17) is 0 Å². The normalized spacial score (nSPS) is 11.3. The van der Waals surface area contributed by atoms with Crippen LogP contribution in [0, 0.1) is 18.3 Å². The van der Waals surface area contributed by atoms with Crippen LogP contribution in [0.25, 0.3) is 87.6 Å². The first-order valence-electron chi connectivity index (χ1n) is 16.8. The highest BCUT2D eigenvalue weighted by molar-refractivity contribution is 6.23. The lowest BCUT2D eigenvalue weighted by Crippen LogP contribution is -1.93. The van der Waals surface area contributed by atoms with Gasteiger partial charge in [-0.2, -0.15) is 5.26 Å². The average Bonchev–Trinajstić information content (AvgIpc) is 3.16. The highest BCUT2D eigenvalue weighted by Crippen LogP contribution is 2.46. The van der Waals surface area contributed by atoms with Crippen LogP contribution in [0.4, 0.5) is 0 Å². The third-order valence-electron chi connectivity index (χ3n) is 10.0. The van der Waals surface area contributed by atoms with Crippen LogP contribution < -0.4 is 0 Å². The van der Waals surface area contributed by atoms with E-state index in [-0.39, 0.29) is 0 Å². The minimum absolute atomic E-state index is 0.712. The van der Waals surface area contributed by atoms with Crippen molar-refractivity contribution >= 4 is 43.1 Å². The number of aryl methyl sites for hydroxylation is 1. The molecule has 9 aromatic carbocycles. The molecule has 0 unspecified atom stereocenters. The van der Waals surface area contributed by atoms with Gasteiger partial charge in [0.2, 0.25) is 0 Å². The first-order chi connectivity index (χ1) is 24.2. The molecule has 0 amide bonds. The van der Waals surface area contributed by atoms with Gasteiger partial charge in [-0.3, -0.25) is 0 Å². The van der Waals surface area contributed by atoms with Crippen molar-refractivity contribution < 1.29 is 0 Å². The van der Waals surface area contributed by atoms with E-state index in [0.29, 0.717) is 5.56 Å². The van der Waals surface area contributed by atoms with E-state index in [1.807, 2.05) is 13.0 Å². The van der Waals surface area contributed by atoms with Crippen LogP contribution in [0.2, 0.25) is 0 Å². The Labute approximate surface area is 286 Å². The van der Waals surface area contributed by atoms with Crippen LogP contribution in [-0.4, -0.2) is 0 Å². The molecule has 0 spiro atoms. The van der Waals surface area contributed by atoms with Crippen LogP contribution in [0.5, 0.6) is 0 Å². The van der Waals surface area contributed by atoms with E-state index in [1.54, 1.807) is 0 Å². The minimum Gasteiger partial charge on any atom is -0.192 e. The van der Waals surface area contributed by atoms with Gasteiger partial charge in [0, 0.05) is 0 Å². The zero-order chi connectivity index (χ0) is 32.9. The molecule has 1 heteroatoms. The van der Waals surface area contributed by atoms with Gasteiger partial charge >= 0.3 is 0 Å². The Morgan fingerprint density at radius 2 is 0.612 bits per heavy atom. The molecule has 0 radical (unpaired) electrons. The van der Waals surface area contributed by atoms with Crippen molar-refractivity contribution in [1.82, 2.24) is 0 Å². The molecule has 0 N–H and O–H groups in total. The number of benzene rings is 9. The summed E-state index contributed by atoms with van der Waals surface area (Å²) in [6, 6.07) is 63.6. The van der Waals surface area contributed by atoms with Gasteiger partial charge in [0.1, 0.15) is 0 Å². The quantitative estimate of drug-likeness (QED) is 0.179. The first kappa shape index (κ1) is 28.7. The molecule has 0 fully saturated rings. The maximum atomic E-state index is 9.59. The summed E-state index contributed by atoms with van der Waals surface area (Å²) in [6.07, 6.45) is 0. The molecule has 1 nitrogen and oxygen atoms in total. The zero-order valence-electron chi connectivity index (χ0n) is 27.1. The summed E-state index contributed by atoms with van der Waals surface area (Å²) in [7, 11) is 0. The second kappa shape index (κ2) is 11.6. The van der Waals surface area contributed by atoms with Gasteiger partial charge in [-0.05, 0) is 106 Å². The van der Waals surface area contributed by atoms with Crippen LogP contribution in [-0.2, 0) is 0 Å². The smallest absolute Gasteiger partial charge is 0.0994 e. The van der Waals surface area contributed by atoms with Gasteiger partial charge in [-0.25, -0.2) is 0 Å². The third kappa shape index (κ3) is 4.61. The molecule has 49 heavy (non-hydrogen) atoms. The van der Waals surface area contributed by atoms with Crippen molar-refractivity contribution in [3.8, 4) is 50.6 Å². The van der Waals surface area contributed by atoms with Crippen LogP contribution >= 0.6 is 0 Å². The molecule has 0 aliphatic carbocycles. The van der Waals surface area contributed by atoms with Crippen molar-refractivity contribution in [2.75, 3.05) is 0 Å². The molecule has 228 valence electrons. The number of hydrogen-bond acceptors (Lipinski definition) is 1. The summed E-state index contributed by atoms with van der Waals surface area (Å²) in [5.41, 5.74) is 11.4. The Bertz CT molecular complexity index is 2650. The van der Waals surface area contributed by atoms with E-state index in [2.05, 4.69) is 170 Å². The number of fused-ring (bicyclic) bond motifs is 4. The van der Waals surface area contributed by atoms with Crippen molar-refractivity contribution in [3.63, 3.8) is 0 Å². The number of hydrogen-bond donors (Lipinski definition) is 0. The van der Waals surface area contributed by atoms with Gasteiger partial charge in [-0.15, -0.1) is 0 Å². The largest absolute Gasteiger partial charge is 0.192 e. The Balaban J connectivity index is 1.27. The zero-order valence-corrected chi connectivity index (χ0v) is 27.1. The van der Waals surface area contributed by atoms with Crippen molar-refractivity contribution in [3.05, 3.63) is 181 Å². The fraction of sp³-hybridized carbons (Fsp3) is 0.0208. The lowest BCUT2D eigenvalue weighted by molar-refractivity contribution is 1.40. The molecule has 0 saturated carbocycles. The van der Waals surface area contributed by atoms with E-state index in [0.717, 1.165) is 11.1 Å². The van der Waals surface area contributed by atoms with Gasteiger partial charge in [-0.1, -0.05) is 164 Å². The lowest BCUT2D eigenvalue weighted by Gasteiger charge is -2.19. The van der Waals surface area contributed by atoms with Gasteiger partial charge in [0.25, 0.3) is 0 Å². The summed E-state index contributed by atoms with van der Waals surface area (Å²) in [6.45, 7) is 2.02. The highest BCUT2D eigenvalue weighted by Gasteiger charge is 2.19. The summed E-state index contributed by atoms with van der Waals surface area (Å²) >= 11 is 0. The Hall–Kier alpha value is -6.49. The summed E-state index contributed by atoms with van der Waals surface area (Å²) in [5.74, 6) is 0. The van der Waals surface area contributed by atoms with E-state index in [9.17, 15) is 5.26 Å². The monoisotopic (exact) mass is 621 g/mol. The van der Waals surface area contributed by atoms with Crippen molar-refractivity contribution in [1.29, 1.82) is 5.26 Å². The summed E-state index contributed by atoms with van der Waals surface area (Å²) < 4.78 is 0. The fourth-order valence-corrected chi connectivity index (χ4v) is 7.85. The molecule has 0 saturated heterocycles. The Morgan fingerprint density at radius 3 is 0.939 bits per heavy atom. The van der Waals surface area contributed by atoms with Crippen molar-refractivity contribution in [2.24, 2.45) is 0 Å². The van der Waals surface area contributed by atoms with Crippen LogP contribution in [0.1, 0.15) is 11.1 Å². The van der Waals surface area contributed by atoms with Gasteiger partial charge < -0.3 is 0 Å². The van der Waals surface area contributed by atoms with Crippen LogP contribution in [0.3, 0.4) is 0 Å². The third-order valence-corrected chi connectivity index (χ3v) is 10.0. The molecule has 0 aromatic heterocycles. The maximum absolute atomic E-state index is 9.59. The molecule has 0 atom stereocenters. The molecule has 9 rings (SSSR count). The predicted molar refractivity (Wildman–Crippen MR) is 208 cm³/mol. The molecule has 0 bridgehead atoms. The predicted octanol–water partition coefficient (Wildman–Crippen LogP) is 13.1. The SMILES string of the molecule is Cc1cc(-c2c3ccccc3c(-c3ccc(-c4c5ccccc5c(-c5ccccc5)c5ccccc45)cc3)c3ccccc23)ccc1C#N. The summed E-state index contributed by atoms with van der Waals surface area (Å²) in [4.78, 5) is 0. The minimum atomic E-state index is 0.712. The van der Waals surface area contributed by atoms with Gasteiger partial charge in [0.05, 0.1) is 11.6 Å². The second-order valence-corrected chi connectivity index (χ2v) is 12.8. The standard InChI is InChI=1S/C48H31N/c1-31-29-35(27-28-36(31)30-49)48-43-21-11-9-19-41(43)47(42-20-10-12-22-44(42)48)34-25-23-33(24-26-34)46-39-17-7-5-15-37(39)45(32-13-3-2-4-14-32)38-16-6-8-18-40(38)46/h2-29H,1H3. The van der Waals surface area contributed by atoms with Crippen molar-refractivity contribution in [2.45, 2.75) is 6.92 Å². The van der Waals surface area contributed by atoms with E-state index < -0.39 is 0 Å². The maximum Gasteiger partial charge on any atom is 0.0994 e. The Morgan fingerprint density at radius 1 is 0.327 bits per heavy atom. The molecular weight excluding hydrogens is 591 g/mol. The van der Waals surface area contributed by atoms with E-state index >= 15 is 0 Å². The second-order valence-electron chi connectivity index (χ2n) is 12.8.